The first kappa shape index (κ1) is 13.2. The molecule has 0 saturated carbocycles. The highest BCUT2D eigenvalue weighted by molar-refractivity contribution is 6.15. The van der Waals surface area contributed by atoms with Crippen molar-refractivity contribution in [3.05, 3.63) is 29.8 Å². The minimum Gasteiger partial charge on any atom is -0.324 e. The summed E-state index contributed by atoms with van der Waals surface area (Å²) in [6.45, 7) is 0.754. The Bertz CT molecular complexity index is 776. The molecule has 4 aliphatic rings. The molecule has 4 atom stereocenters. The van der Waals surface area contributed by atoms with Gasteiger partial charge >= 0.3 is 0 Å². The summed E-state index contributed by atoms with van der Waals surface area (Å²) in [5, 5.41) is 2.94. The van der Waals surface area contributed by atoms with Crippen LogP contribution in [0.15, 0.2) is 24.3 Å². The maximum absolute atomic E-state index is 13.1. The Balaban J connectivity index is 1.80. The van der Waals surface area contributed by atoms with Crippen LogP contribution in [0, 0.1) is 11.8 Å². The fraction of sp³-hybridized carbons (Fsp3) is 0.471. The van der Waals surface area contributed by atoms with Crippen molar-refractivity contribution in [3.63, 3.8) is 0 Å². The van der Waals surface area contributed by atoms with Crippen molar-refractivity contribution < 1.29 is 14.4 Å². The smallest absolute Gasteiger partial charge is 0.250 e. The number of anilines is 1. The molecule has 3 saturated heterocycles. The van der Waals surface area contributed by atoms with E-state index in [0.29, 0.717) is 0 Å². The van der Waals surface area contributed by atoms with Gasteiger partial charge in [0.15, 0.2) is 0 Å². The molecule has 4 unspecified atom stereocenters. The second kappa shape index (κ2) is 4.00. The fourth-order valence-electron chi connectivity index (χ4n) is 5.30. The van der Waals surface area contributed by atoms with E-state index >= 15 is 0 Å². The normalized spacial score (nSPS) is 38.2. The largest absolute Gasteiger partial charge is 0.324 e. The molecule has 0 bridgehead atoms. The third-order valence-electron chi connectivity index (χ3n) is 6.12. The molecule has 0 aliphatic carbocycles. The summed E-state index contributed by atoms with van der Waals surface area (Å²) >= 11 is 0. The monoisotopic (exact) mass is 311 g/mol. The summed E-state index contributed by atoms with van der Waals surface area (Å²) in [6.07, 6.45) is 1.82. The maximum Gasteiger partial charge on any atom is 0.250 e. The molecule has 4 aliphatic heterocycles. The van der Waals surface area contributed by atoms with Crippen LogP contribution >= 0.6 is 0 Å². The Labute approximate surface area is 133 Å². The van der Waals surface area contributed by atoms with Crippen molar-refractivity contribution >= 4 is 23.4 Å². The number of para-hydroxylation sites is 1. The Hall–Kier alpha value is -2.21. The van der Waals surface area contributed by atoms with Crippen molar-refractivity contribution in [2.45, 2.75) is 24.4 Å². The van der Waals surface area contributed by atoms with Gasteiger partial charge < -0.3 is 5.32 Å². The zero-order chi connectivity index (χ0) is 15.9. The summed E-state index contributed by atoms with van der Waals surface area (Å²) in [6, 6.07) is 7.54. The minimum absolute atomic E-state index is 0.0155. The zero-order valence-corrected chi connectivity index (χ0v) is 12.8. The van der Waals surface area contributed by atoms with Crippen molar-refractivity contribution in [3.8, 4) is 0 Å². The number of rotatable bonds is 0. The van der Waals surface area contributed by atoms with E-state index in [1.165, 1.54) is 11.9 Å². The quantitative estimate of drug-likeness (QED) is 0.710. The first-order chi connectivity index (χ1) is 11.1. The van der Waals surface area contributed by atoms with Crippen LogP contribution in [0.2, 0.25) is 0 Å². The number of amides is 3. The Kier molecular flexibility index (Phi) is 2.30. The lowest BCUT2D eigenvalue weighted by Gasteiger charge is -2.36. The summed E-state index contributed by atoms with van der Waals surface area (Å²) in [5.41, 5.74) is 0.597. The van der Waals surface area contributed by atoms with Gasteiger partial charge in [-0.15, -0.1) is 0 Å². The summed E-state index contributed by atoms with van der Waals surface area (Å²) in [7, 11) is 1.54. The van der Waals surface area contributed by atoms with E-state index in [2.05, 4.69) is 10.2 Å². The molecule has 6 nitrogen and oxygen atoms in total. The summed E-state index contributed by atoms with van der Waals surface area (Å²) < 4.78 is 0. The van der Waals surface area contributed by atoms with Crippen LogP contribution in [0.25, 0.3) is 0 Å². The number of fused-ring (bicyclic) bond motifs is 7. The number of benzene rings is 1. The van der Waals surface area contributed by atoms with Crippen LogP contribution in [0.5, 0.6) is 0 Å². The predicted molar refractivity (Wildman–Crippen MR) is 81.2 cm³/mol. The van der Waals surface area contributed by atoms with Gasteiger partial charge in [-0.25, -0.2) is 0 Å². The van der Waals surface area contributed by atoms with Crippen LogP contribution in [-0.2, 0) is 19.9 Å². The van der Waals surface area contributed by atoms with Crippen molar-refractivity contribution in [1.82, 2.24) is 9.80 Å². The van der Waals surface area contributed by atoms with E-state index in [0.717, 1.165) is 30.6 Å². The molecule has 1 N–H and O–H groups in total. The molecule has 0 radical (unpaired) electrons. The molecule has 4 heterocycles. The summed E-state index contributed by atoms with van der Waals surface area (Å²) in [4.78, 5) is 41.9. The first-order valence-corrected chi connectivity index (χ1v) is 8.07. The highest BCUT2D eigenvalue weighted by Crippen LogP contribution is 2.59. The number of nitrogens with one attached hydrogen (secondary N) is 1. The molecule has 1 aromatic carbocycles. The van der Waals surface area contributed by atoms with E-state index < -0.39 is 17.4 Å². The maximum atomic E-state index is 13.1. The second-order valence-electron chi connectivity index (χ2n) is 6.91. The average molecular weight is 311 g/mol. The molecule has 1 spiro atoms. The molecule has 3 fully saturated rings. The van der Waals surface area contributed by atoms with Gasteiger partial charge in [-0.2, -0.15) is 0 Å². The lowest BCUT2D eigenvalue weighted by molar-refractivity contribution is -0.144. The van der Waals surface area contributed by atoms with Gasteiger partial charge in [-0.05, 0) is 25.5 Å². The third-order valence-corrected chi connectivity index (χ3v) is 6.12. The lowest BCUT2D eigenvalue weighted by Crippen LogP contribution is -2.53. The fourth-order valence-corrected chi connectivity index (χ4v) is 5.30. The van der Waals surface area contributed by atoms with E-state index in [-0.39, 0.29) is 23.8 Å². The number of likely N-dealkylation sites (tertiary alicyclic amines) is 1. The highest BCUT2D eigenvalue weighted by atomic mass is 16.2. The van der Waals surface area contributed by atoms with Gasteiger partial charge in [0.1, 0.15) is 5.54 Å². The molecular weight excluding hydrogens is 294 g/mol. The predicted octanol–water partition coefficient (Wildman–Crippen LogP) is 0.543. The highest BCUT2D eigenvalue weighted by Gasteiger charge is 2.74. The Morgan fingerprint density at radius 1 is 1.17 bits per heavy atom. The molecule has 5 rings (SSSR count). The molecule has 6 heteroatoms. The topological polar surface area (TPSA) is 69.7 Å². The SMILES string of the molecule is CN1C(=O)C2C3CCCN3C3(C(=O)Nc4ccccc43)C2C1=O. The first-order valence-electron chi connectivity index (χ1n) is 8.07. The van der Waals surface area contributed by atoms with Gasteiger partial charge in [0.25, 0.3) is 0 Å². The van der Waals surface area contributed by atoms with Crippen LogP contribution in [-0.4, -0.2) is 47.2 Å². The summed E-state index contributed by atoms with van der Waals surface area (Å²) in [5.74, 6) is -1.51. The van der Waals surface area contributed by atoms with Crippen LogP contribution in [0.3, 0.4) is 0 Å². The van der Waals surface area contributed by atoms with Crippen molar-refractivity contribution in [2.75, 3.05) is 18.9 Å². The standard InChI is InChI=1S/C17H17N3O3/c1-19-14(21)12-11-7-4-8-20(11)17(13(12)15(19)22)9-5-2-3-6-10(9)18-16(17)23/h2-3,5-6,11-13H,4,7-8H2,1H3,(H,18,23). The van der Waals surface area contributed by atoms with Gasteiger partial charge in [0, 0.05) is 24.3 Å². The Morgan fingerprint density at radius 3 is 2.78 bits per heavy atom. The number of carbonyl (C=O) groups is 3. The van der Waals surface area contributed by atoms with Crippen molar-refractivity contribution in [1.29, 1.82) is 0 Å². The molecule has 118 valence electrons. The zero-order valence-electron chi connectivity index (χ0n) is 12.8. The molecular formula is C17H17N3O3. The minimum atomic E-state index is -1.01. The van der Waals surface area contributed by atoms with Gasteiger partial charge in [-0.1, -0.05) is 18.2 Å². The third kappa shape index (κ3) is 1.25. The van der Waals surface area contributed by atoms with E-state index in [1.54, 1.807) is 0 Å². The van der Waals surface area contributed by atoms with E-state index in [4.69, 9.17) is 0 Å². The number of carbonyl (C=O) groups excluding carboxylic acids is 3. The van der Waals surface area contributed by atoms with Crippen LogP contribution < -0.4 is 5.32 Å². The van der Waals surface area contributed by atoms with Gasteiger partial charge in [0.05, 0.1) is 11.8 Å². The average Bonchev–Trinajstić information content (AvgIpc) is 3.23. The van der Waals surface area contributed by atoms with Gasteiger partial charge in [0.2, 0.25) is 17.7 Å². The van der Waals surface area contributed by atoms with E-state index in [9.17, 15) is 14.4 Å². The number of hydrogen-bond donors (Lipinski definition) is 1. The molecule has 0 aromatic heterocycles. The lowest BCUT2D eigenvalue weighted by atomic mass is 9.75. The van der Waals surface area contributed by atoms with E-state index in [1.807, 2.05) is 24.3 Å². The van der Waals surface area contributed by atoms with Crippen LogP contribution in [0.1, 0.15) is 18.4 Å². The molecule has 3 amide bonds. The number of nitrogens with zero attached hydrogens (tertiary/aromatic N) is 2. The Morgan fingerprint density at radius 2 is 1.96 bits per heavy atom. The number of hydrogen-bond acceptors (Lipinski definition) is 4. The number of imide groups is 1. The van der Waals surface area contributed by atoms with Crippen molar-refractivity contribution in [2.24, 2.45) is 11.8 Å². The van der Waals surface area contributed by atoms with Crippen LogP contribution in [0.4, 0.5) is 5.69 Å². The van der Waals surface area contributed by atoms with Gasteiger partial charge in [-0.3, -0.25) is 24.2 Å². The molecule has 1 aromatic rings. The second-order valence-corrected chi connectivity index (χ2v) is 6.91. The molecule has 23 heavy (non-hydrogen) atoms.